The molecule has 0 bridgehead atoms. The van der Waals surface area contributed by atoms with E-state index in [4.69, 9.17) is 10.5 Å². The first-order valence-corrected chi connectivity index (χ1v) is 5.62. The second-order valence-electron chi connectivity index (χ2n) is 4.55. The van der Waals surface area contributed by atoms with Crippen LogP contribution in [0.25, 0.3) is 0 Å². The van der Waals surface area contributed by atoms with Crippen molar-refractivity contribution in [1.82, 2.24) is 4.90 Å². The molecule has 1 aliphatic heterocycles. The summed E-state index contributed by atoms with van der Waals surface area (Å²) in [6.07, 6.45) is 0.942. The highest BCUT2D eigenvalue weighted by atomic mass is 16.5. The molecule has 2 N–H and O–H groups in total. The predicted molar refractivity (Wildman–Crippen MR) is 59.4 cm³/mol. The molecule has 0 radical (unpaired) electrons. The lowest BCUT2D eigenvalue weighted by Crippen LogP contribution is -2.44. The molecule has 1 fully saturated rings. The molecular weight excluding hydrogens is 192 g/mol. The van der Waals surface area contributed by atoms with Gasteiger partial charge in [-0.15, -0.1) is 0 Å². The summed E-state index contributed by atoms with van der Waals surface area (Å²) >= 11 is 0. The Hall–Kier alpha value is -0.610. The van der Waals surface area contributed by atoms with Crippen molar-refractivity contribution in [3.8, 4) is 0 Å². The van der Waals surface area contributed by atoms with Gasteiger partial charge in [0.1, 0.15) is 0 Å². The van der Waals surface area contributed by atoms with Gasteiger partial charge in [0.25, 0.3) is 0 Å². The maximum atomic E-state index is 12.1. The first kappa shape index (κ1) is 12.5. The van der Waals surface area contributed by atoms with Crippen molar-refractivity contribution >= 4 is 5.91 Å². The number of amides is 1. The molecule has 0 aromatic carbocycles. The van der Waals surface area contributed by atoms with E-state index < -0.39 is 0 Å². The first-order valence-electron chi connectivity index (χ1n) is 5.62. The highest BCUT2D eigenvalue weighted by Crippen LogP contribution is 2.17. The van der Waals surface area contributed by atoms with Crippen LogP contribution < -0.4 is 5.73 Å². The minimum atomic E-state index is -0.0596. The predicted octanol–water partition coefficient (Wildman–Crippen LogP) is 0.465. The van der Waals surface area contributed by atoms with Crippen LogP contribution >= 0.6 is 0 Å². The van der Waals surface area contributed by atoms with E-state index in [2.05, 4.69) is 0 Å². The number of carbonyl (C=O) groups excluding carboxylic acids is 1. The van der Waals surface area contributed by atoms with E-state index in [0.29, 0.717) is 19.1 Å². The number of hydrogen-bond donors (Lipinski definition) is 1. The average Bonchev–Trinajstić information content (AvgIpc) is 2.69. The van der Waals surface area contributed by atoms with Crippen LogP contribution in [0.5, 0.6) is 0 Å². The van der Waals surface area contributed by atoms with E-state index in [0.717, 1.165) is 13.0 Å². The number of carbonyl (C=O) groups is 1. The molecule has 1 heterocycles. The van der Waals surface area contributed by atoms with Gasteiger partial charge in [-0.1, -0.05) is 13.8 Å². The Balaban J connectivity index is 2.56. The maximum Gasteiger partial charge on any atom is 0.227 e. The summed E-state index contributed by atoms with van der Waals surface area (Å²) in [5.74, 6) is 0.394. The highest BCUT2D eigenvalue weighted by molar-refractivity contribution is 5.79. The third-order valence-electron chi connectivity index (χ3n) is 3.18. The molecule has 1 amide bonds. The summed E-state index contributed by atoms with van der Waals surface area (Å²) in [4.78, 5) is 13.9. The van der Waals surface area contributed by atoms with E-state index in [-0.39, 0.29) is 17.9 Å². The quantitative estimate of drug-likeness (QED) is 0.740. The van der Waals surface area contributed by atoms with Crippen LogP contribution in [0, 0.1) is 11.8 Å². The lowest BCUT2D eigenvalue weighted by atomic mass is 9.94. The van der Waals surface area contributed by atoms with Gasteiger partial charge in [0.05, 0.1) is 18.6 Å². The third-order valence-corrected chi connectivity index (χ3v) is 3.18. The van der Waals surface area contributed by atoms with E-state index in [1.807, 2.05) is 25.8 Å². The average molecular weight is 214 g/mol. The van der Waals surface area contributed by atoms with Crippen LogP contribution in [-0.2, 0) is 9.53 Å². The standard InChI is InChI=1S/C11H22N2O2/c1-8(2)10(6-12)11(14)13(3)9-4-5-15-7-9/h8-10H,4-7,12H2,1-3H3. The number of ether oxygens (including phenoxy) is 1. The number of likely N-dealkylation sites (N-methyl/N-ethyl adjacent to an activating group) is 1. The van der Waals surface area contributed by atoms with Gasteiger partial charge in [0.2, 0.25) is 5.91 Å². The summed E-state index contributed by atoms with van der Waals surface area (Å²) < 4.78 is 5.28. The van der Waals surface area contributed by atoms with Gasteiger partial charge in [0, 0.05) is 20.2 Å². The smallest absolute Gasteiger partial charge is 0.227 e. The van der Waals surface area contributed by atoms with Crippen molar-refractivity contribution in [3.05, 3.63) is 0 Å². The molecule has 0 spiro atoms. The molecule has 88 valence electrons. The number of hydrogen-bond acceptors (Lipinski definition) is 3. The molecule has 1 aliphatic rings. The van der Waals surface area contributed by atoms with Crippen molar-refractivity contribution in [3.63, 3.8) is 0 Å². The van der Waals surface area contributed by atoms with Gasteiger partial charge in [-0.25, -0.2) is 0 Å². The highest BCUT2D eigenvalue weighted by Gasteiger charge is 2.29. The summed E-state index contributed by atoms with van der Waals surface area (Å²) in [6.45, 7) is 5.92. The molecule has 0 aromatic rings. The summed E-state index contributed by atoms with van der Waals surface area (Å²) in [5, 5.41) is 0. The second kappa shape index (κ2) is 5.47. The number of nitrogens with zero attached hydrogens (tertiary/aromatic N) is 1. The largest absolute Gasteiger partial charge is 0.379 e. The SMILES string of the molecule is CC(C)C(CN)C(=O)N(C)C1CCOC1. The van der Waals surface area contributed by atoms with E-state index in [1.54, 1.807) is 0 Å². The Morgan fingerprint density at radius 2 is 2.27 bits per heavy atom. The van der Waals surface area contributed by atoms with Crippen molar-refractivity contribution in [2.75, 3.05) is 26.8 Å². The Kier molecular flexibility index (Phi) is 4.54. The number of rotatable bonds is 4. The minimum absolute atomic E-state index is 0.0596. The van der Waals surface area contributed by atoms with E-state index in [1.165, 1.54) is 0 Å². The van der Waals surface area contributed by atoms with Crippen LogP contribution in [0.1, 0.15) is 20.3 Å². The van der Waals surface area contributed by atoms with Gasteiger partial charge in [0.15, 0.2) is 0 Å². The van der Waals surface area contributed by atoms with E-state index in [9.17, 15) is 4.79 Å². The molecule has 4 nitrogen and oxygen atoms in total. The Morgan fingerprint density at radius 1 is 1.60 bits per heavy atom. The van der Waals surface area contributed by atoms with Gasteiger partial charge in [-0.3, -0.25) is 4.79 Å². The van der Waals surface area contributed by atoms with Crippen LogP contribution in [-0.4, -0.2) is 43.7 Å². The Morgan fingerprint density at radius 3 is 2.67 bits per heavy atom. The van der Waals surface area contributed by atoms with Crippen molar-refractivity contribution < 1.29 is 9.53 Å². The second-order valence-corrected chi connectivity index (χ2v) is 4.55. The fourth-order valence-electron chi connectivity index (χ4n) is 1.93. The van der Waals surface area contributed by atoms with Gasteiger partial charge in [-0.05, 0) is 12.3 Å². The zero-order valence-electron chi connectivity index (χ0n) is 9.90. The van der Waals surface area contributed by atoms with Gasteiger partial charge >= 0.3 is 0 Å². The Bertz CT molecular complexity index is 213. The maximum absolute atomic E-state index is 12.1. The molecular formula is C11H22N2O2. The number of nitrogens with two attached hydrogens (primary N) is 1. The van der Waals surface area contributed by atoms with Crippen molar-refractivity contribution in [2.45, 2.75) is 26.3 Å². The Labute approximate surface area is 91.8 Å². The first-order chi connectivity index (χ1) is 7.07. The van der Waals surface area contributed by atoms with E-state index >= 15 is 0 Å². The van der Waals surface area contributed by atoms with Gasteiger partial charge < -0.3 is 15.4 Å². The zero-order chi connectivity index (χ0) is 11.4. The third kappa shape index (κ3) is 2.92. The molecule has 0 aromatic heterocycles. The normalized spacial score (nSPS) is 23.1. The molecule has 2 unspecified atom stereocenters. The lowest BCUT2D eigenvalue weighted by molar-refractivity contribution is -0.137. The fourth-order valence-corrected chi connectivity index (χ4v) is 1.93. The molecule has 1 saturated heterocycles. The van der Waals surface area contributed by atoms with Crippen molar-refractivity contribution in [1.29, 1.82) is 0 Å². The van der Waals surface area contributed by atoms with Crippen LogP contribution in [0.15, 0.2) is 0 Å². The lowest BCUT2D eigenvalue weighted by Gasteiger charge is -2.29. The summed E-state index contributed by atoms with van der Waals surface area (Å²) in [7, 11) is 1.85. The monoisotopic (exact) mass is 214 g/mol. The molecule has 0 aliphatic carbocycles. The molecule has 15 heavy (non-hydrogen) atoms. The molecule has 2 atom stereocenters. The van der Waals surface area contributed by atoms with Crippen molar-refractivity contribution in [2.24, 2.45) is 17.6 Å². The fraction of sp³-hybridized carbons (Fsp3) is 0.909. The summed E-state index contributed by atoms with van der Waals surface area (Å²) in [6, 6.07) is 0.241. The van der Waals surface area contributed by atoms with Crippen LogP contribution in [0.3, 0.4) is 0 Å². The minimum Gasteiger partial charge on any atom is -0.379 e. The molecule has 0 saturated carbocycles. The zero-order valence-corrected chi connectivity index (χ0v) is 9.90. The molecule has 4 heteroatoms. The van der Waals surface area contributed by atoms with Gasteiger partial charge in [-0.2, -0.15) is 0 Å². The van der Waals surface area contributed by atoms with Crippen LogP contribution in [0.2, 0.25) is 0 Å². The summed E-state index contributed by atoms with van der Waals surface area (Å²) in [5.41, 5.74) is 5.63. The van der Waals surface area contributed by atoms with Crippen LogP contribution in [0.4, 0.5) is 0 Å². The topological polar surface area (TPSA) is 55.6 Å². The molecule has 1 rings (SSSR count).